The van der Waals surface area contributed by atoms with E-state index >= 15 is 0 Å². The van der Waals surface area contributed by atoms with Crippen LogP contribution in [-0.4, -0.2) is 17.6 Å². The Balaban J connectivity index is 2.13. The maximum absolute atomic E-state index is 13.7. The molecule has 0 aliphatic heterocycles. The Morgan fingerprint density at radius 3 is 2.55 bits per heavy atom. The average Bonchev–Trinajstić information content (AvgIpc) is 2.46. The van der Waals surface area contributed by atoms with Gasteiger partial charge in [-0.2, -0.15) is 0 Å². The molecule has 0 heterocycles. The predicted octanol–water partition coefficient (Wildman–Crippen LogP) is 3.74. The molecule has 0 saturated heterocycles. The molecule has 0 bridgehead atoms. The van der Waals surface area contributed by atoms with Gasteiger partial charge in [0.15, 0.2) is 0 Å². The van der Waals surface area contributed by atoms with Crippen LogP contribution in [0.4, 0.5) is 10.1 Å². The second-order valence-corrected chi connectivity index (χ2v) is 4.66. The number of hydrogen-bond acceptors (Lipinski definition) is 2. The van der Waals surface area contributed by atoms with Crippen LogP contribution in [0.3, 0.4) is 0 Å². The lowest BCUT2D eigenvalue weighted by atomic mass is 10.0. The van der Waals surface area contributed by atoms with Crippen molar-refractivity contribution in [2.75, 3.05) is 11.9 Å². The molecule has 0 saturated carbocycles. The molecule has 0 aliphatic carbocycles. The normalized spacial score (nSPS) is 11.9. The van der Waals surface area contributed by atoms with E-state index in [9.17, 15) is 9.18 Å². The van der Waals surface area contributed by atoms with Gasteiger partial charge < -0.3 is 10.4 Å². The second kappa shape index (κ2) is 6.19. The van der Waals surface area contributed by atoms with Crippen molar-refractivity contribution < 1.29 is 14.3 Å². The Morgan fingerprint density at radius 1 is 1.20 bits per heavy atom. The van der Waals surface area contributed by atoms with Crippen LogP contribution in [0.5, 0.6) is 0 Å². The summed E-state index contributed by atoms with van der Waals surface area (Å²) in [5, 5.41) is 12.0. The first-order valence-corrected chi connectivity index (χ1v) is 6.40. The highest BCUT2D eigenvalue weighted by atomic mass is 19.1. The zero-order valence-corrected chi connectivity index (χ0v) is 11.1. The molecule has 2 aromatic rings. The average molecular weight is 273 g/mol. The van der Waals surface area contributed by atoms with Crippen molar-refractivity contribution in [1.82, 2.24) is 0 Å². The number of hydrogen-bond donors (Lipinski definition) is 2. The first-order chi connectivity index (χ1) is 9.59. The molecule has 3 nitrogen and oxygen atoms in total. The molecular weight excluding hydrogens is 257 g/mol. The van der Waals surface area contributed by atoms with Crippen LogP contribution in [0.15, 0.2) is 48.5 Å². The van der Waals surface area contributed by atoms with E-state index in [1.165, 1.54) is 18.2 Å². The van der Waals surface area contributed by atoms with Crippen LogP contribution < -0.4 is 5.32 Å². The van der Waals surface area contributed by atoms with Crippen molar-refractivity contribution in [3.8, 4) is 0 Å². The fraction of sp³-hybridized carbons (Fsp3) is 0.188. The molecule has 0 aromatic heterocycles. The Labute approximate surface area is 117 Å². The van der Waals surface area contributed by atoms with E-state index in [1.807, 2.05) is 37.3 Å². The summed E-state index contributed by atoms with van der Waals surface area (Å²) in [5.41, 5.74) is 1.11. The van der Waals surface area contributed by atoms with Crippen LogP contribution in [0, 0.1) is 5.82 Å². The van der Waals surface area contributed by atoms with Crippen LogP contribution >= 0.6 is 0 Å². The van der Waals surface area contributed by atoms with Gasteiger partial charge in [-0.15, -0.1) is 0 Å². The third-order valence-electron chi connectivity index (χ3n) is 3.20. The standard InChI is InChI=1S/C16H16FNO2/c1-11(12-6-3-2-4-7-12)10-18-15-13(16(19)20)8-5-9-14(15)17/h2-9,11,18H,10H2,1H3,(H,19,20). The molecule has 0 aliphatic rings. The van der Waals surface area contributed by atoms with E-state index in [-0.39, 0.29) is 17.2 Å². The summed E-state index contributed by atoms with van der Waals surface area (Å²) >= 11 is 0. The molecule has 1 atom stereocenters. The van der Waals surface area contributed by atoms with Gasteiger partial charge in [0, 0.05) is 6.54 Å². The van der Waals surface area contributed by atoms with E-state index in [0.29, 0.717) is 6.54 Å². The minimum Gasteiger partial charge on any atom is -0.478 e. The van der Waals surface area contributed by atoms with Gasteiger partial charge in [0.05, 0.1) is 11.3 Å². The Bertz CT molecular complexity index is 599. The second-order valence-electron chi connectivity index (χ2n) is 4.66. The molecule has 0 amide bonds. The lowest BCUT2D eigenvalue weighted by Gasteiger charge is -2.16. The lowest BCUT2D eigenvalue weighted by Crippen LogP contribution is -2.14. The maximum Gasteiger partial charge on any atom is 0.337 e. The molecule has 0 fully saturated rings. The molecule has 2 N–H and O–H groups in total. The minimum atomic E-state index is -1.14. The quantitative estimate of drug-likeness (QED) is 0.872. The Hall–Kier alpha value is -2.36. The number of para-hydroxylation sites is 1. The van der Waals surface area contributed by atoms with Crippen LogP contribution in [-0.2, 0) is 0 Å². The number of nitrogens with one attached hydrogen (secondary N) is 1. The number of benzene rings is 2. The highest BCUT2D eigenvalue weighted by Gasteiger charge is 2.15. The summed E-state index contributed by atoms with van der Waals surface area (Å²) in [5.74, 6) is -1.54. The van der Waals surface area contributed by atoms with Crippen molar-refractivity contribution in [2.45, 2.75) is 12.8 Å². The summed E-state index contributed by atoms with van der Waals surface area (Å²) in [4.78, 5) is 11.1. The first kappa shape index (κ1) is 14.1. The summed E-state index contributed by atoms with van der Waals surface area (Å²) < 4.78 is 13.7. The molecule has 1 unspecified atom stereocenters. The van der Waals surface area contributed by atoms with Gasteiger partial charge in [0.25, 0.3) is 0 Å². The molecule has 20 heavy (non-hydrogen) atoms. The van der Waals surface area contributed by atoms with Gasteiger partial charge in [-0.1, -0.05) is 43.3 Å². The number of carboxylic acids is 1. The SMILES string of the molecule is CC(CNc1c(F)cccc1C(=O)O)c1ccccc1. The van der Waals surface area contributed by atoms with E-state index in [0.717, 1.165) is 5.56 Å². The number of aromatic carboxylic acids is 1. The van der Waals surface area contributed by atoms with E-state index < -0.39 is 11.8 Å². The first-order valence-electron chi connectivity index (χ1n) is 6.40. The Morgan fingerprint density at radius 2 is 1.90 bits per heavy atom. The smallest absolute Gasteiger partial charge is 0.337 e. The van der Waals surface area contributed by atoms with Crippen molar-refractivity contribution in [2.24, 2.45) is 0 Å². The van der Waals surface area contributed by atoms with Crippen molar-refractivity contribution in [3.63, 3.8) is 0 Å². The molecule has 0 spiro atoms. The molecule has 0 radical (unpaired) electrons. The molecular formula is C16H16FNO2. The fourth-order valence-corrected chi connectivity index (χ4v) is 2.04. The highest BCUT2D eigenvalue weighted by Crippen LogP contribution is 2.22. The van der Waals surface area contributed by atoms with Crippen LogP contribution in [0.1, 0.15) is 28.8 Å². The van der Waals surface area contributed by atoms with E-state index in [1.54, 1.807) is 0 Å². The van der Waals surface area contributed by atoms with Crippen molar-refractivity contribution in [1.29, 1.82) is 0 Å². The molecule has 4 heteroatoms. The molecule has 2 aromatic carbocycles. The van der Waals surface area contributed by atoms with Gasteiger partial charge in [-0.05, 0) is 23.6 Å². The lowest BCUT2D eigenvalue weighted by molar-refractivity contribution is 0.0697. The van der Waals surface area contributed by atoms with Gasteiger partial charge in [-0.25, -0.2) is 9.18 Å². The number of halogens is 1. The van der Waals surface area contributed by atoms with Crippen molar-refractivity contribution in [3.05, 3.63) is 65.5 Å². The zero-order valence-electron chi connectivity index (χ0n) is 11.1. The highest BCUT2D eigenvalue weighted by molar-refractivity contribution is 5.94. The summed E-state index contributed by atoms with van der Waals surface area (Å²) in [6.07, 6.45) is 0. The van der Waals surface area contributed by atoms with Gasteiger partial charge in [-0.3, -0.25) is 0 Å². The number of carboxylic acid groups (broad SMARTS) is 1. The predicted molar refractivity (Wildman–Crippen MR) is 76.7 cm³/mol. The summed E-state index contributed by atoms with van der Waals surface area (Å²) in [6, 6.07) is 13.8. The topological polar surface area (TPSA) is 49.3 Å². The van der Waals surface area contributed by atoms with Gasteiger partial charge >= 0.3 is 5.97 Å². The summed E-state index contributed by atoms with van der Waals surface area (Å²) in [7, 11) is 0. The third-order valence-corrected chi connectivity index (χ3v) is 3.20. The Kier molecular flexibility index (Phi) is 4.35. The van der Waals surface area contributed by atoms with Crippen molar-refractivity contribution >= 4 is 11.7 Å². The monoisotopic (exact) mass is 273 g/mol. The zero-order chi connectivity index (χ0) is 14.5. The van der Waals surface area contributed by atoms with E-state index in [4.69, 9.17) is 5.11 Å². The molecule has 104 valence electrons. The number of anilines is 1. The molecule has 2 rings (SSSR count). The van der Waals surface area contributed by atoms with Crippen LogP contribution in [0.2, 0.25) is 0 Å². The van der Waals surface area contributed by atoms with Gasteiger partial charge in [0.1, 0.15) is 5.82 Å². The van der Waals surface area contributed by atoms with Crippen LogP contribution in [0.25, 0.3) is 0 Å². The fourth-order valence-electron chi connectivity index (χ4n) is 2.04. The van der Waals surface area contributed by atoms with E-state index in [2.05, 4.69) is 5.32 Å². The largest absolute Gasteiger partial charge is 0.478 e. The third kappa shape index (κ3) is 3.15. The maximum atomic E-state index is 13.7. The number of rotatable bonds is 5. The summed E-state index contributed by atoms with van der Waals surface area (Å²) in [6.45, 7) is 2.47. The number of carbonyl (C=O) groups is 1. The van der Waals surface area contributed by atoms with Gasteiger partial charge in [0.2, 0.25) is 0 Å². The minimum absolute atomic E-state index is 0.0442.